The van der Waals surface area contributed by atoms with Gasteiger partial charge >= 0.3 is 0 Å². The van der Waals surface area contributed by atoms with Crippen molar-refractivity contribution in [2.45, 2.75) is 32.0 Å². The summed E-state index contributed by atoms with van der Waals surface area (Å²) in [6, 6.07) is 14.3. The topological polar surface area (TPSA) is 29.5 Å². The summed E-state index contributed by atoms with van der Waals surface area (Å²) in [6.45, 7) is 2.02. The van der Waals surface area contributed by atoms with Crippen molar-refractivity contribution in [2.24, 2.45) is 5.92 Å². The highest BCUT2D eigenvalue weighted by Gasteiger charge is 2.27. The van der Waals surface area contributed by atoms with E-state index in [9.17, 15) is 9.50 Å². The van der Waals surface area contributed by atoms with Crippen LogP contribution in [0, 0.1) is 11.7 Å². The van der Waals surface area contributed by atoms with E-state index in [1.807, 2.05) is 37.3 Å². The van der Waals surface area contributed by atoms with Crippen molar-refractivity contribution in [2.75, 3.05) is 0 Å². The van der Waals surface area contributed by atoms with E-state index < -0.39 is 6.10 Å². The van der Waals surface area contributed by atoms with Gasteiger partial charge in [0, 0.05) is 12.0 Å². The molecule has 2 aromatic carbocycles. The number of fused-ring (bicyclic) bond motifs is 1. The minimum absolute atomic E-state index is 0.00941. The summed E-state index contributed by atoms with van der Waals surface area (Å²) in [6.07, 6.45) is 0.955. The molecule has 110 valence electrons. The average Bonchev–Trinajstić information content (AvgIpc) is 2.88. The molecule has 0 saturated heterocycles. The van der Waals surface area contributed by atoms with E-state index in [0.29, 0.717) is 6.42 Å². The molecular formula is C18H19FO2. The third-order valence-corrected chi connectivity index (χ3v) is 4.08. The SMILES string of the molecule is CC(CC1Cc2cc(F)ccc2O1)C(O)c1ccccc1. The first-order valence-electron chi connectivity index (χ1n) is 7.31. The summed E-state index contributed by atoms with van der Waals surface area (Å²) in [4.78, 5) is 0. The van der Waals surface area contributed by atoms with Gasteiger partial charge in [-0.05, 0) is 36.1 Å². The van der Waals surface area contributed by atoms with Crippen molar-refractivity contribution in [3.05, 3.63) is 65.5 Å². The summed E-state index contributed by atoms with van der Waals surface area (Å²) in [5, 5.41) is 10.4. The van der Waals surface area contributed by atoms with E-state index in [1.165, 1.54) is 12.1 Å². The predicted octanol–water partition coefficient (Wildman–Crippen LogP) is 3.89. The van der Waals surface area contributed by atoms with Gasteiger partial charge in [-0.3, -0.25) is 0 Å². The lowest BCUT2D eigenvalue weighted by atomic mass is 9.91. The molecule has 0 aliphatic carbocycles. The molecule has 0 aromatic heterocycles. The van der Waals surface area contributed by atoms with Crippen molar-refractivity contribution in [1.29, 1.82) is 0 Å². The van der Waals surface area contributed by atoms with Gasteiger partial charge in [-0.25, -0.2) is 4.39 Å². The van der Waals surface area contributed by atoms with E-state index in [1.54, 1.807) is 6.07 Å². The third-order valence-electron chi connectivity index (χ3n) is 4.08. The first-order chi connectivity index (χ1) is 10.1. The summed E-state index contributed by atoms with van der Waals surface area (Å²) in [7, 11) is 0. The maximum atomic E-state index is 13.2. The smallest absolute Gasteiger partial charge is 0.123 e. The molecule has 1 aliphatic heterocycles. The fourth-order valence-corrected chi connectivity index (χ4v) is 2.94. The fourth-order valence-electron chi connectivity index (χ4n) is 2.94. The van der Waals surface area contributed by atoms with Crippen LogP contribution in [0.25, 0.3) is 0 Å². The molecule has 1 aliphatic rings. The molecule has 3 heteroatoms. The predicted molar refractivity (Wildman–Crippen MR) is 79.7 cm³/mol. The Morgan fingerprint density at radius 3 is 2.76 bits per heavy atom. The number of aliphatic hydroxyl groups is 1. The minimum Gasteiger partial charge on any atom is -0.490 e. The second-order valence-corrected chi connectivity index (χ2v) is 5.76. The highest BCUT2D eigenvalue weighted by atomic mass is 19.1. The van der Waals surface area contributed by atoms with Crippen LogP contribution in [0.4, 0.5) is 4.39 Å². The zero-order valence-electron chi connectivity index (χ0n) is 12.0. The molecule has 2 aromatic rings. The zero-order valence-corrected chi connectivity index (χ0v) is 12.0. The lowest BCUT2D eigenvalue weighted by molar-refractivity contribution is 0.0845. The van der Waals surface area contributed by atoms with E-state index in [-0.39, 0.29) is 17.8 Å². The number of hydrogen-bond donors (Lipinski definition) is 1. The minimum atomic E-state index is -0.504. The second-order valence-electron chi connectivity index (χ2n) is 5.76. The summed E-state index contributed by atoms with van der Waals surface area (Å²) < 4.78 is 19.0. The molecular weight excluding hydrogens is 267 g/mol. The van der Waals surface area contributed by atoms with Crippen molar-refractivity contribution >= 4 is 0 Å². The number of benzene rings is 2. The molecule has 3 rings (SSSR count). The first-order valence-corrected chi connectivity index (χ1v) is 7.31. The number of ether oxygens (including phenoxy) is 1. The fraction of sp³-hybridized carbons (Fsp3) is 0.333. The number of halogens is 1. The lowest BCUT2D eigenvalue weighted by Gasteiger charge is -2.22. The molecule has 0 bridgehead atoms. The Hall–Kier alpha value is -1.87. The molecule has 0 fully saturated rings. The quantitative estimate of drug-likeness (QED) is 0.924. The highest BCUT2D eigenvalue weighted by Crippen LogP contribution is 2.34. The average molecular weight is 286 g/mol. The van der Waals surface area contributed by atoms with Crippen molar-refractivity contribution < 1.29 is 14.2 Å². The van der Waals surface area contributed by atoms with Crippen LogP contribution in [0.1, 0.15) is 30.6 Å². The Morgan fingerprint density at radius 2 is 2.00 bits per heavy atom. The van der Waals surface area contributed by atoms with Gasteiger partial charge in [0.1, 0.15) is 17.7 Å². The van der Waals surface area contributed by atoms with Gasteiger partial charge in [0.25, 0.3) is 0 Å². The van der Waals surface area contributed by atoms with Crippen LogP contribution in [0.2, 0.25) is 0 Å². The molecule has 3 unspecified atom stereocenters. The first kappa shape index (κ1) is 14.1. The van der Waals surface area contributed by atoms with Gasteiger partial charge < -0.3 is 9.84 Å². The van der Waals surface area contributed by atoms with Crippen LogP contribution < -0.4 is 4.74 Å². The molecule has 0 amide bonds. The van der Waals surface area contributed by atoms with Crippen LogP contribution in [0.5, 0.6) is 5.75 Å². The maximum absolute atomic E-state index is 13.2. The summed E-state index contributed by atoms with van der Waals surface area (Å²) >= 11 is 0. The Morgan fingerprint density at radius 1 is 1.24 bits per heavy atom. The highest BCUT2D eigenvalue weighted by molar-refractivity contribution is 5.37. The molecule has 0 saturated carbocycles. The molecule has 0 radical (unpaired) electrons. The van der Waals surface area contributed by atoms with Crippen LogP contribution >= 0.6 is 0 Å². The van der Waals surface area contributed by atoms with Gasteiger partial charge in [0.2, 0.25) is 0 Å². The van der Waals surface area contributed by atoms with E-state index in [0.717, 1.165) is 23.3 Å². The van der Waals surface area contributed by atoms with Gasteiger partial charge in [-0.15, -0.1) is 0 Å². The zero-order chi connectivity index (χ0) is 14.8. The van der Waals surface area contributed by atoms with Crippen LogP contribution in [-0.2, 0) is 6.42 Å². The van der Waals surface area contributed by atoms with Crippen molar-refractivity contribution in [1.82, 2.24) is 0 Å². The Labute approximate surface area is 124 Å². The van der Waals surface area contributed by atoms with Gasteiger partial charge in [0.15, 0.2) is 0 Å². The lowest BCUT2D eigenvalue weighted by Crippen LogP contribution is -2.20. The largest absolute Gasteiger partial charge is 0.490 e. The van der Waals surface area contributed by atoms with Gasteiger partial charge in [0.05, 0.1) is 6.10 Å². The summed E-state index contributed by atoms with van der Waals surface area (Å²) in [5.41, 5.74) is 1.84. The molecule has 3 atom stereocenters. The molecule has 2 nitrogen and oxygen atoms in total. The van der Waals surface area contributed by atoms with Gasteiger partial charge in [-0.2, -0.15) is 0 Å². The number of aliphatic hydroxyl groups excluding tert-OH is 1. The molecule has 1 heterocycles. The normalized spacial score (nSPS) is 19.7. The molecule has 21 heavy (non-hydrogen) atoms. The maximum Gasteiger partial charge on any atom is 0.123 e. The Balaban J connectivity index is 1.63. The van der Waals surface area contributed by atoms with Gasteiger partial charge in [-0.1, -0.05) is 37.3 Å². The number of rotatable bonds is 4. The standard InChI is InChI=1S/C18H19FO2/c1-12(18(20)13-5-3-2-4-6-13)9-16-11-14-10-15(19)7-8-17(14)21-16/h2-8,10,12,16,18,20H,9,11H2,1H3. The number of hydrogen-bond acceptors (Lipinski definition) is 2. The van der Waals surface area contributed by atoms with Crippen LogP contribution in [0.3, 0.4) is 0 Å². The van der Waals surface area contributed by atoms with E-state index in [4.69, 9.17) is 4.74 Å². The Kier molecular flexibility index (Phi) is 3.93. The van der Waals surface area contributed by atoms with E-state index >= 15 is 0 Å². The monoisotopic (exact) mass is 286 g/mol. The van der Waals surface area contributed by atoms with Crippen LogP contribution in [-0.4, -0.2) is 11.2 Å². The second kappa shape index (κ2) is 5.86. The molecule has 1 N–H and O–H groups in total. The molecule has 0 spiro atoms. The van der Waals surface area contributed by atoms with Crippen molar-refractivity contribution in [3.63, 3.8) is 0 Å². The van der Waals surface area contributed by atoms with Crippen molar-refractivity contribution in [3.8, 4) is 5.75 Å². The Bertz CT molecular complexity index is 612. The van der Waals surface area contributed by atoms with E-state index in [2.05, 4.69) is 0 Å². The summed E-state index contributed by atoms with van der Waals surface area (Å²) in [5.74, 6) is 0.620. The third kappa shape index (κ3) is 3.08. The van der Waals surface area contributed by atoms with Crippen LogP contribution in [0.15, 0.2) is 48.5 Å².